The van der Waals surface area contributed by atoms with Gasteiger partial charge < -0.3 is 10.1 Å². The van der Waals surface area contributed by atoms with Gasteiger partial charge in [0.25, 0.3) is 0 Å². The summed E-state index contributed by atoms with van der Waals surface area (Å²) in [6, 6.07) is 1.87. The molecule has 2 heterocycles. The van der Waals surface area contributed by atoms with Crippen LogP contribution in [0.3, 0.4) is 0 Å². The molecule has 1 aliphatic rings. The van der Waals surface area contributed by atoms with Gasteiger partial charge in [-0.15, -0.1) is 11.3 Å². The van der Waals surface area contributed by atoms with Gasteiger partial charge in [0, 0.05) is 32.8 Å². The van der Waals surface area contributed by atoms with Gasteiger partial charge in [0.1, 0.15) is 4.21 Å². The highest BCUT2D eigenvalue weighted by Crippen LogP contribution is 2.43. The van der Waals surface area contributed by atoms with E-state index < -0.39 is 10.0 Å². The molecule has 0 aliphatic carbocycles. The van der Waals surface area contributed by atoms with Crippen LogP contribution in [0.15, 0.2) is 14.5 Å². The van der Waals surface area contributed by atoms with E-state index in [1.807, 2.05) is 0 Å². The van der Waals surface area contributed by atoms with Crippen molar-refractivity contribution in [3.63, 3.8) is 0 Å². The zero-order valence-corrected chi connectivity index (χ0v) is 15.3. The second kappa shape index (κ2) is 8.09. The van der Waals surface area contributed by atoms with Gasteiger partial charge in [0.05, 0.1) is 4.21 Å². The van der Waals surface area contributed by atoms with E-state index >= 15 is 0 Å². The van der Waals surface area contributed by atoms with E-state index in [2.05, 4.69) is 16.5 Å². The minimum Gasteiger partial charge on any atom is -0.385 e. The molecule has 1 unspecified atom stereocenters. The number of nitrogens with two attached hydrogens (primary N) is 1. The van der Waals surface area contributed by atoms with Gasteiger partial charge in [-0.25, -0.2) is 17.9 Å². The number of hydrogen-bond donors (Lipinski definition) is 2. The third-order valence-electron chi connectivity index (χ3n) is 3.35. The van der Waals surface area contributed by atoms with Crippen molar-refractivity contribution >= 4 is 33.3 Å². The Bertz CT molecular complexity index is 589. The summed E-state index contributed by atoms with van der Waals surface area (Å²) < 4.78 is 31.8. The molecule has 6 nitrogen and oxygen atoms in total. The van der Waals surface area contributed by atoms with Gasteiger partial charge in [0.2, 0.25) is 10.0 Å². The minimum absolute atomic E-state index is 0.144. The molecule has 126 valence electrons. The van der Waals surface area contributed by atoms with Crippen LogP contribution in [-0.4, -0.2) is 46.1 Å². The number of hydrogen-bond acceptors (Lipinski definition) is 7. The molecule has 9 heteroatoms. The average molecular weight is 366 g/mol. The predicted octanol–water partition coefficient (Wildman–Crippen LogP) is 1.80. The normalized spacial score (nSPS) is 19.3. The molecular formula is C13H23N3O3S3. The summed E-state index contributed by atoms with van der Waals surface area (Å²) in [4.78, 5) is 0. The standard InChI is InChI=1S/C13H23N3O3S3/c1-3-5-15-11-9-16(6-4-7-19-2)21-13-10(11)8-12(20-13)22(14,17)18/h8,11,15H,3-7,9H2,1-2H3,(H2,14,17,18). The topological polar surface area (TPSA) is 84.7 Å². The highest BCUT2D eigenvalue weighted by molar-refractivity contribution is 7.99. The summed E-state index contributed by atoms with van der Waals surface area (Å²) >= 11 is 2.88. The van der Waals surface area contributed by atoms with Gasteiger partial charge >= 0.3 is 0 Å². The summed E-state index contributed by atoms with van der Waals surface area (Å²) in [5.74, 6) is 0. The monoisotopic (exact) mass is 365 g/mol. The highest BCUT2D eigenvalue weighted by Gasteiger charge is 2.29. The van der Waals surface area contributed by atoms with Crippen molar-refractivity contribution in [2.75, 3.05) is 33.4 Å². The Morgan fingerprint density at radius 1 is 1.55 bits per heavy atom. The third-order valence-corrected chi connectivity index (χ3v) is 7.18. The van der Waals surface area contributed by atoms with Crippen LogP contribution in [0, 0.1) is 0 Å². The molecule has 1 atom stereocenters. The van der Waals surface area contributed by atoms with E-state index in [-0.39, 0.29) is 10.3 Å². The van der Waals surface area contributed by atoms with Gasteiger partial charge in [-0.3, -0.25) is 0 Å². The summed E-state index contributed by atoms with van der Waals surface area (Å²) in [6.07, 6.45) is 1.99. The maximum Gasteiger partial charge on any atom is 0.247 e. The van der Waals surface area contributed by atoms with Crippen LogP contribution in [-0.2, 0) is 14.8 Å². The molecule has 1 aromatic rings. The Kier molecular flexibility index (Phi) is 6.69. The summed E-state index contributed by atoms with van der Waals surface area (Å²) in [7, 11) is -1.94. The van der Waals surface area contributed by atoms with Gasteiger partial charge in [-0.05, 0) is 43.0 Å². The number of nitrogens with one attached hydrogen (secondary N) is 1. The van der Waals surface area contributed by atoms with Crippen molar-refractivity contribution in [1.82, 2.24) is 9.62 Å². The molecule has 0 saturated carbocycles. The Hall–Kier alpha value is -0.160. The van der Waals surface area contributed by atoms with Crippen LogP contribution in [0.4, 0.5) is 0 Å². The number of sulfonamides is 1. The summed E-state index contributed by atoms with van der Waals surface area (Å²) in [5, 5.41) is 8.77. The highest BCUT2D eigenvalue weighted by atomic mass is 32.3. The van der Waals surface area contributed by atoms with E-state index in [0.717, 1.165) is 48.9 Å². The fraction of sp³-hybridized carbons (Fsp3) is 0.692. The number of rotatable bonds is 8. The third kappa shape index (κ3) is 4.67. The smallest absolute Gasteiger partial charge is 0.247 e. The van der Waals surface area contributed by atoms with Crippen LogP contribution in [0.5, 0.6) is 0 Å². The van der Waals surface area contributed by atoms with Crippen molar-refractivity contribution in [2.24, 2.45) is 5.14 Å². The molecule has 22 heavy (non-hydrogen) atoms. The number of ether oxygens (including phenoxy) is 1. The number of fused-ring (bicyclic) bond motifs is 1. The Balaban J connectivity index is 2.18. The second-order valence-electron chi connectivity index (χ2n) is 5.19. The van der Waals surface area contributed by atoms with Crippen molar-refractivity contribution in [1.29, 1.82) is 0 Å². The molecule has 0 amide bonds. The van der Waals surface area contributed by atoms with Crippen LogP contribution in [0.1, 0.15) is 31.4 Å². The maximum atomic E-state index is 11.6. The molecule has 1 aliphatic heterocycles. The lowest BCUT2D eigenvalue weighted by molar-refractivity contribution is 0.187. The minimum atomic E-state index is -3.64. The first-order chi connectivity index (χ1) is 10.5. The second-order valence-corrected chi connectivity index (χ2v) is 9.39. The van der Waals surface area contributed by atoms with Crippen LogP contribution in [0.2, 0.25) is 0 Å². The molecular weight excluding hydrogens is 342 g/mol. The molecule has 0 bridgehead atoms. The average Bonchev–Trinajstić information content (AvgIpc) is 2.89. The molecule has 0 saturated heterocycles. The van der Waals surface area contributed by atoms with E-state index in [9.17, 15) is 8.42 Å². The van der Waals surface area contributed by atoms with E-state index in [1.165, 1.54) is 11.3 Å². The predicted molar refractivity (Wildman–Crippen MR) is 90.6 cm³/mol. The zero-order chi connectivity index (χ0) is 16.2. The first kappa shape index (κ1) is 18.2. The number of thiophene rings is 1. The molecule has 3 N–H and O–H groups in total. The lowest BCUT2D eigenvalue weighted by Crippen LogP contribution is -2.35. The van der Waals surface area contributed by atoms with Crippen molar-refractivity contribution in [3.05, 3.63) is 11.6 Å². The summed E-state index contributed by atoms with van der Waals surface area (Å²) in [6.45, 7) is 5.50. The van der Waals surface area contributed by atoms with E-state index in [0.29, 0.717) is 0 Å². The van der Waals surface area contributed by atoms with E-state index in [1.54, 1.807) is 25.1 Å². The lowest BCUT2D eigenvalue weighted by Gasteiger charge is -2.32. The molecule has 0 fully saturated rings. The quantitative estimate of drug-likeness (QED) is 0.540. The summed E-state index contributed by atoms with van der Waals surface area (Å²) in [5.41, 5.74) is 1.05. The molecule has 0 aromatic carbocycles. The van der Waals surface area contributed by atoms with Crippen LogP contribution < -0.4 is 10.5 Å². The lowest BCUT2D eigenvalue weighted by atomic mass is 10.1. The van der Waals surface area contributed by atoms with Crippen molar-refractivity contribution in [2.45, 2.75) is 34.2 Å². The first-order valence-electron chi connectivity index (χ1n) is 7.27. The van der Waals surface area contributed by atoms with Gasteiger partial charge in [-0.1, -0.05) is 6.92 Å². The van der Waals surface area contributed by atoms with Gasteiger partial charge in [-0.2, -0.15) is 0 Å². The fourth-order valence-electron chi connectivity index (χ4n) is 2.29. The SMILES string of the molecule is CCCNC1CN(CCCOC)Sc2sc(S(N)(=O)=O)cc21. The zero-order valence-electron chi connectivity index (χ0n) is 12.9. The van der Waals surface area contributed by atoms with Crippen molar-refractivity contribution in [3.8, 4) is 0 Å². The van der Waals surface area contributed by atoms with Gasteiger partial charge in [0.15, 0.2) is 0 Å². The maximum absolute atomic E-state index is 11.6. The van der Waals surface area contributed by atoms with Crippen molar-refractivity contribution < 1.29 is 13.2 Å². The number of methoxy groups -OCH3 is 1. The largest absolute Gasteiger partial charge is 0.385 e. The molecule has 1 aromatic heterocycles. The molecule has 0 spiro atoms. The number of primary sulfonamides is 1. The fourth-order valence-corrected chi connectivity index (χ4v) is 5.86. The Labute approximate surface area is 140 Å². The van der Waals surface area contributed by atoms with Crippen LogP contribution >= 0.6 is 23.3 Å². The van der Waals surface area contributed by atoms with Crippen LogP contribution in [0.25, 0.3) is 0 Å². The number of nitrogens with zero attached hydrogens (tertiary/aromatic N) is 1. The first-order valence-corrected chi connectivity index (χ1v) is 10.4. The molecule has 2 rings (SSSR count). The Morgan fingerprint density at radius 2 is 2.32 bits per heavy atom. The Morgan fingerprint density at radius 3 is 2.95 bits per heavy atom. The molecule has 0 radical (unpaired) electrons. The van der Waals surface area contributed by atoms with E-state index in [4.69, 9.17) is 9.88 Å².